The van der Waals surface area contributed by atoms with Gasteiger partial charge in [-0.15, -0.1) is 0 Å². The number of likely N-dealkylation sites (N-methyl/N-ethyl adjacent to an activating group) is 1. The smallest absolute Gasteiger partial charge is 0.408 e. The number of carbonyl (C=O) groups excluding carboxylic acids is 6. The first-order valence-corrected chi connectivity index (χ1v) is 20.1. The summed E-state index contributed by atoms with van der Waals surface area (Å²) in [5.74, 6) is -2.40. The Labute approximate surface area is 327 Å². The number of hydrogen-bond acceptors (Lipinski definition) is 10. The molecule has 0 bridgehead atoms. The number of rotatable bonds is 19. The van der Waals surface area contributed by atoms with Crippen LogP contribution in [0.4, 0.5) is 4.79 Å². The van der Waals surface area contributed by atoms with Crippen molar-refractivity contribution in [2.24, 2.45) is 0 Å². The molecule has 14 nitrogen and oxygen atoms in total. The van der Waals surface area contributed by atoms with Crippen molar-refractivity contribution in [3.63, 3.8) is 0 Å². The van der Waals surface area contributed by atoms with E-state index >= 15 is 0 Å². The number of ether oxygens (including phenoxy) is 3. The molecule has 15 heteroatoms. The van der Waals surface area contributed by atoms with Crippen LogP contribution in [0.25, 0.3) is 0 Å². The number of amides is 4. The molecule has 55 heavy (non-hydrogen) atoms. The van der Waals surface area contributed by atoms with E-state index in [0.717, 1.165) is 5.56 Å². The van der Waals surface area contributed by atoms with E-state index in [4.69, 9.17) is 14.2 Å². The van der Waals surface area contributed by atoms with Crippen molar-refractivity contribution in [1.82, 2.24) is 20.9 Å². The zero-order chi connectivity index (χ0) is 41.3. The fourth-order valence-electron chi connectivity index (χ4n) is 5.15. The summed E-state index contributed by atoms with van der Waals surface area (Å²) in [5, 5.41) is 8.07. The van der Waals surface area contributed by atoms with E-state index < -0.39 is 69.9 Å². The molecule has 2 rings (SSSR count). The number of carbonyl (C=O) groups is 6. The summed E-state index contributed by atoms with van der Waals surface area (Å²) in [4.78, 5) is 80.3. The summed E-state index contributed by atoms with van der Waals surface area (Å²) in [6.07, 6.45) is 1.47. The molecule has 0 aliphatic heterocycles. The van der Waals surface area contributed by atoms with Gasteiger partial charge in [0.15, 0.2) is 0 Å². The van der Waals surface area contributed by atoms with Gasteiger partial charge >= 0.3 is 18.0 Å². The Morgan fingerprint density at radius 1 is 0.709 bits per heavy atom. The van der Waals surface area contributed by atoms with Crippen molar-refractivity contribution in [3.8, 4) is 5.75 Å². The summed E-state index contributed by atoms with van der Waals surface area (Å²) < 4.78 is 28.3. The number of hydrogen-bond donors (Lipinski definition) is 3. The minimum absolute atomic E-state index is 0.0279. The molecule has 304 valence electrons. The molecular formula is C40H58N4O10S. The predicted octanol–water partition coefficient (Wildman–Crippen LogP) is 4.00. The SMILES string of the molecule is CCCC(=O)Oc1ccc(C[C@H](NC(=O)OC(C)(C)C)C(=O)N[C@H](CCS(C)=O)C(=O)N[C@@H](Cc2ccccc2)C(=O)N(C)CCC(=O)OC(C)(C)C)cc1. The first kappa shape index (κ1) is 46.4. The van der Waals surface area contributed by atoms with Gasteiger partial charge in [0.2, 0.25) is 17.7 Å². The minimum atomic E-state index is -1.34. The Balaban J connectivity index is 2.36. The molecule has 0 saturated heterocycles. The molecule has 2 aromatic carbocycles. The lowest BCUT2D eigenvalue weighted by molar-refractivity contribution is -0.155. The van der Waals surface area contributed by atoms with Crippen molar-refractivity contribution < 1.29 is 47.2 Å². The molecule has 0 radical (unpaired) electrons. The summed E-state index contributed by atoms with van der Waals surface area (Å²) >= 11 is 0. The van der Waals surface area contributed by atoms with Crippen LogP contribution in [0.3, 0.4) is 0 Å². The summed E-state index contributed by atoms with van der Waals surface area (Å²) in [5.41, 5.74) is -0.208. The van der Waals surface area contributed by atoms with Crippen LogP contribution in [-0.2, 0) is 57.1 Å². The van der Waals surface area contributed by atoms with Crippen LogP contribution in [0.5, 0.6) is 5.75 Å². The predicted molar refractivity (Wildman–Crippen MR) is 210 cm³/mol. The molecule has 0 fully saturated rings. The van der Waals surface area contributed by atoms with Gasteiger partial charge < -0.3 is 35.1 Å². The van der Waals surface area contributed by atoms with E-state index in [1.165, 1.54) is 18.2 Å². The van der Waals surface area contributed by atoms with Gasteiger partial charge in [-0.1, -0.05) is 49.4 Å². The van der Waals surface area contributed by atoms with Crippen LogP contribution in [0.1, 0.15) is 85.3 Å². The van der Waals surface area contributed by atoms with Crippen LogP contribution in [0, 0.1) is 0 Å². The number of benzene rings is 2. The van der Waals surface area contributed by atoms with E-state index in [1.54, 1.807) is 90.1 Å². The van der Waals surface area contributed by atoms with Crippen LogP contribution in [0.2, 0.25) is 0 Å². The average molecular weight is 787 g/mol. The van der Waals surface area contributed by atoms with Gasteiger partial charge in [-0.2, -0.15) is 0 Å². The summed E-state index contributed by atoms with van der Waals surface area (Å²) in [6, 6.07) is 11.9. The number of nitrogens with one attached hydrogen (secondary N) is 3. The third kappa shape index (κ3) is 18.9. The van der Waals surface area contributed by atoms with Crippen molar-refractivity contribution in [1.29, 1.82) is 0 Å². The highest BCUT2D eigenvalue weighted by atomic mass is 32.2. The Hall–Kier alpha value is -4.79. The molecule has 3 N–H and O–H groups in total. The molecule has 0 saturated carbocycles. The lowest BCUT2D eigenvalue weighted by atomic mass is 10.0. The molecule has 4 atom stereocenters. The summed E-state index contributed by atoms with van der Waals surface area (Å²) in [6.45, 7) is 12.2. The highest BCUT2D eigenvalue weighted by Crippen LogP contribution is 2.16. The monoisotopic (exact) mass is 786 g/mol. The molecule has 4 amide bonds. The Bertz CT molecular complexity index is 1620. The van der Waals surface area contributed by atoms with Crippen molar-refractivity contribution in [3.05, 3.63) is 65.7 Å². The van der Waals surface area contributed by atoms with Gasteiger partial charge in [-0.05, 0) is 77.6 Å². The van der Waals surface area contributed by atoms with Crippen LogP contribution in [-0.4, -0.2) is 99.8 Å². The normalized spacial score (nSPS) is 13.6. The van der Waals surface area contributed by atoms with Gasteiger partial charge in [0, 0.05) is 55.7 Å². The molecule has 0 heterocycles. The number of esters is 2. The Morgan fingerprint density at radius 2 is 1.25 bits per heavy atom. The van der Waals surface area contributed by atoms with Crippen LogP contribution < -0.4 is 20.7 Å². The molecule has 2 aromatic rings. The third-order valence-corrected chi connectivity index (χ3v) is 8.54. The maximum atomic E-state index is 14.0. The first-order chi connectivity index (χ1) is 25.6. The third-order valence-electron chi connectivity index (χ3n) is 7.73. The van der Waals surface area contributed by atoms with Gasteiger partial charge in [-0.25, -0.2) is 4.79 Å². The molecule has 0 aliphatic carbocycles. The van der Waals surface area contributed by atoms with Crippen LogP contribution in [0.15, 0.2) is 54.6 Å². The number of alkyl carbamates (subject to hydrolysis) is 1. The second-order valence-electron chi connectivity index (χ2n) is 15.2. The van der Waals surface area contributed by atoms with Crippen molar-refractivity contribution >= 4 is 46.6 Å². The van der Waals surface area contributed by atoms with E-state index in [-0.39, 0.29) is 50.4 Å². The lowest BCUT2D eigenvalue weighted by Gasteiger charge is -2.28. The van der Waals surface area contributed by atoms with E-state index in [0.29, 0.717) is 17.7 Å². The van der Waals surface area contributed by atoms with Gasteiger partial charge in [0.1, 0.15) is 35.1 Å². The minimum Gasteiger partial charge on any atom is -0.460 e. The highest BCUT2D eigenvalue weighted by Gasteiger charge is 2.32. The fraction of sp³-hybridized carbons (Fsp3) is 0.550. The molecule has 0 aromatic heterocycles. The first-order valence-electron chi connectivity index (χ1n) is 18.4. The fourth-order valence-corrected chi connectivity index (χ4v) is 5.72. The summed E-state index contributed by atoms with van der Waals surface area (Å²) in [7, 11) is 0.179. The Kier molecular flexibility index (Phi) is 18.5. The van der Waals surface area contributed by atoms with Gasteiger partial charge in [0.25, 0.3) is 0 Å². The van der Waals surface area contributed by atoms with E-state index in [2.05, 4.69) is 16.0 Å². The van der Waals surface area contributed by atoms with Crippen LogP contribution >= 0.6 is 0 Å². The van der Waals surface area contributed by atoms with Crippen molar-refractivity contribution in [2.45, 2.75) is 116 Å². The molecule has 0 aliphatic rings. The zero-order valence-electron chi connectivity index (χ0n) is 33.5. The zero-order valence-corrected chi connectivity index (χ0v) is 34.3. The number of nitrogens with zero attached hydrogens (tertiary/aromatic N) is 1. The van der Waals surface area contributed by atoms with Gasteiger partial charge in [-0.3, -0.25) is 28.2 Å². The molecule has 0 spiro atoms. The lowest BCUT2D eigenvalue weighted by Crippen LogP contribution is -2.58. The second-order valence-corrected chi connectivity index (χ2v) is 16.8. The maximum Gasteiger partial charge on any atom is 0.408 e. The van der Waals surface area contributed by atoms with E-state index in [9.17, 15) is 33.0 Å². The van der Waals surface area contributed by atoms with E-state index in [1.807, 2.05) is 13.0 Å². The maximum absolute atomic E-state index is 14.0. The largest absolute Gasteiger partial charge is 0.460 e. The van der Waals surface area contributed by atoms with Crippen molar-refractivity contribution in [2.75, 3.05) is 25.6 Å². The second kappa shape index (κ2) is 21.9. The highest BCUT2D eigenvalue weighted by molar-refractivity contribution is 7.84. The topological polar surface area (TPSA) is 187 Å². The standard InChI is InChI=1S/C40H58N4O10S/c1-10-14-33(45)52-29-19-17-28(18-20-29)25-31(43-38(50)54-40(5,6)7)36(48)41-30(22-24-55(9)51)35(47)42-32(26-27-15-12-11-13-16-27)37(49)44(8)23-21-34(46)53-39(2,3)4/h11-13,15-20,30-32H,10,14,21-26H2,1-9H3,(H,41,48)(H,42,47)(H,43,50)/t30-,31+,32+,55?/m1/s1. The molecular weight excluding hydrogens is 729 g/mol. The molecule has 1 unspecified atom stereocenters. The Morgan fingerprint density at radius 3 is 1.82 bits per heavy atom. The average Bonchev–Trinajstić information content (AvgIpc) is 3.07. The quantitative estimate of drug-likeness (QED) is 0.139. The van der Waals surface area contributed by atoms with Gasteiger partial charge in [0.05, 0.1) is 6.42 Å².